The molecular formula is C20H27F3N2O4. The molecule has 1 saturated carbocycles. The minimum atomic E-state index is -5.08. The first-order chi connectivity index (χ1) is 13.7. The van der Waals surface area contributed by atoms with E-state index in [1.165, 1.54) is 24.1 Å². The van der Waals surface area contributed by atoms with Crippen molar-refractivity contribution in [2.24, 2.45) is 5.92 Å². The fourth-order valence-corrected chi connectivity index (χ4v) is 3.92. The lowest BCUT2D eigenvalue weighted by molar-refractivity contribution is -0.192. The van der Waals surface area contributed by atoms with Crippen molar-refractivity contribution < 1.29 is 27.8 Å². The van der Waals surface area contributed by atoms with Crippen molar-refractivity contribution in [1.82, 2.24) is 9.88 Å². The van der Waals surface area contributed by atoms with Crippen molar-refractivity contribution in [1.29, 1.82) is 0 Å². The minimum absolute atomic E-state index is 0.196. The second-order valence-electron chi connectivity index (χ2n) is 7.99. The molecule has 1 aliphatic heterocycles. The number of carboxylic acid groups (broad SMARTS) is 1. The standard InChI is InChI=1S/C18H26N2O2.C2HF3O2/c21-18-6-3-14-11-16(19-15-7-9-22-10-8-15)4-5-17(14)20(18)12-13-1-2-13;3-2(4,5)1(6)7/h3,6,13,15-16,19H,1-2,4-5,7-12H2;(H,6,7). The van der Waals surface area contributed by atoms with Gasteiger partial charge < -0.3 is 19.7 Å². The van der Waals surface area contributed by atoms with Gasteiger partial charge >= 0.3 is 12.1 Å². The number of nitrogens with zero attached hydrogens (tertiary/aromatic N) is 1. The van der Waals surface area contributed by atoms with E-state index in [4.69, 9.17) is 14.6 Å². The molecule has 29 heavy (non-hydrogen) atoms. The maximum absolute atomic E-state index is 12.2. The molecule has 6 nitrogen and oxygen atoms in total. The van der Waals surface area contributed by atoms with E-state index in [1.54, 1.807) is 6.07 Å². The number of carbonyl (C=O) groups is 1. The van der Waals surface area contributed by atoms with Gasteiger partial charge in [-0.05, 0) is 56.4 Å². The molecule has 1 unspecified atom stereocenters. The lowest BCUT2D eigenvalue weighted by Crippen LogP contribution is -2.45. The van der Waals surface area contributed by atoms with Crippen LogP contribution in [0, 0.1) is 5.92 Å². The third kappa shape index (κ3) is 6.30. The van der Waals surface area contributed by atoms with Gasteiger partial charge in [-0.25, -0.2) is 4.79 Å². The highest BCUT2D eigenvalue weighted by atomic mass is 19.4. The number of nitrogens with one attached hydrogen (secondary N) is 1. The van der Waals surface area contributed by atoms with Crippen LogP contribution in [-0.4, -0.2) is 47.1 Å². The molecule has 1 atom stereocenters. The van der Waals surface area contributed by atoms with Crippen LogP contribution in [0.5, 0.6) is 0 Å². The van der Waals surface area contributed by atoms with Gasteiger partial charge in [-0.2, -0.15) is 13.2 Å². The lowest BCUT2D eigenvalue weighted by atomic mass is 9.90. The number of aliphatic carboxylic acids is 1. The Morgan fingerprint density at radius 2 is 1.79 bits per heavy atom. The van der Waals surface area contributed by atoms with Gasteiger partial charge in [0.2, 0.25) is 0 Å². The van der Waals surface area contributed by atoms with E-state index < -0.39 is 12.1 Å². The molecule has 9 heteroatoms. The SMILES string of the molecule is O=C(O)C(F)(F)F.O=c1ccc2c(n1CC1CC1)CCC(NC1CCOCC1)C2. The van der Waals surface area contributed by atoms with Crippen molar-refractivity contribution in [3.8, 4) is 0 Å². The molecule has 2 aliphatic carbocycles. The molecule has 1 aromatic rings. The van der Waals surface area contributed by atoms with Gasteiger partial charge in [0.1, 0.15) is 0 Å². The van der Waals surface area contributed by atoms with E-state index in [-0.39, 0.29) is 5.56 Å². The largest absolute Gasteiger partial charge is 0.490 e. The van der Waals surface area contributed by atoms with Gasteiger partial charge in [-0.3, -0.25) is 4.79 Å². The fourth-order valence-electron chi connectivity index (χ4n) is 3.92. The molecule has 4 rings (SSSR count). The number of fused-ring (bicyclic) bond motifs is 1. The summed E-state index contributed by atoms with van der Waals surface area (Å²) in [4.78, 5) is 21.1. The van der Waals surface area contributed by atoms with Crippen LogP contribution in [0.1, 0.15) is 43.4 Å². The van der Waals surface area contributed by atoms with Crippen LogP contribution in [0.25, 0.3) is 0 Å². The van der Waals surface area contributed by atoms with Gasteiger partial charge in [0, 0.05) is 43.6 Å². The molecule has 0 bridgehead atoms. The molecule has 1 aromatic heterocycles. The van der Waals surface area contributed by atoms with Crippen LogP contribution in [0.15, 0.2) is 16.9 Å². The topological polar surface area (TPSA) is 80.6 Å². The van der Waals surface area contributed by atoms with Crippen LogP contribution in [0.3, 0.4) is 0 Å². The summed E-state index contributed by atoms with van der Waals surface area (Å²) in [7, 11) is 0. The fraction of sp³-hybridized carbons (Fsp3) is 0.700. The Morgan fingerprint density at radius 1 is 1.14 bits per heavy atom. The quantitative estimate of drug-likeness (QED) is 0.789. The predicted molar refractivity (Wildman–Crippen MR) is 99.9 cm³/mol. The van der Waals surface area contributed by atoms with E-state index in [0.29, 0.717) is 12.1 Å². The average molecular weight is 416 g/mol. The summed E-state index contributed by atoms with van der Waals surface area (Å²) in [6.07, 6.45) is 3.03. The Morgan fingerprint density at radius 3 is 2.38 bits per heavy atom. The number of hydrogen-bond donors (Lipinski definition) is 2. The molecule has 2 fully saturated rings. The smallest absolute Gasteiger partial charge is 0.475 e. The average Bonchev–Trinajstić information content (AvgIpc) is 3.49. The first-order valence-corrected chi connectivity index (χ1v) is 10.1. The van der Waals surface area contributed by atoms with Crippen molar-refractivity contribution in [2.75, 3.05) is 13.2 Å². The van der Waals surface area contributed by atoms with Crippen LogP contribution >= 0.6 is 0 Å². The second-order valence-corrected chi connectivity index (χ2v) is 7.99. The van der Waals surface area contributed by atoms with E-state index in [0.717, 1.165) is 57.8 Å². The van der Waals surface area contributed by atoms with Gasteiger partial charge in [-0.15, -0.1) is 0 Å². The number of rotatable bonds is 4. The molecule has 0 aromatic carbocycles. The van der Waals surface area contributed by atoms with E-state index in [9.17, 15) is 18.0 Å². The number of halogens is 3. The number of aromatic nitrogens is 1. The number of alkyl halides is 3. The molecule has 0 amide bonds. The normalized spacial score (nSPS) is 22.4. The van der Waals surface area contributed by atoms with Gasteiger partial charge in [0.15, 0.2) is 0 Å². The Labute approximate surface area is 167 Å². The number of pyridine rings is 1. The van der Waals surface area contributed by atoms with E-state index in [2.05, 4.69) is 16.0 Å². The number of hydrogen-bond acceptors (Lipinski definition) is 4. The monoisotopic (exact) mass is 416 g/mol. The zero-order valence-electron chi connectivity index (χ0n) is 16.2. The molecule has 3 aliphatic rings. The van der Waals surface area contributed by atoms with Crippen molar-refractivity contribution in [3.63, 3.8) is 0 Å². The van der Waals surface area contributed by atoms with E-state index >= 15 is 0 Å². The first kappa shape index (κ1) is 21.8. The summed E-state index contributed by atoms with van der Waals surface area (Å²) >= 11 is 0. The van der Waals surface area contributed by atoms with Crippen molar-refractivity contribution in [3.05, 3.63) is 33.7 Å². The zero-order valence-corrected chi connectivity index (χ0v) is 16.2. The molecule has 0 spiro atoms. The molecular weight excluding hydrogens is 389 g/mol. The summed E-state index contributed by atoms with van der Waals surface area (Å²) in [5, 5.41) is 10.9. The molecule has 162 valence electrons. The first-order valence-electron chi connectivity index (χ1n) is 10.1. The highest BCUT2D eigenvalue weighted by molar-refractivity contribution is 5.73. The highest BCUT2D eigenvalue weighted by Gasteiger charge is 2.38. The van der Waals surface area contributed by atoms with E-state index in [1.807, 2.05) is 0 Å². The number of carboxylic acids is 1. The minimum Gasteiger partial charge on any atom is -0.475 e. The molecule has 1 saturated heterocycles. The summed E-state index contributed by atoms with van der Waals surface area (Å²) in [6.45, 7) is 2.73. The maximum Gasteiger partial charge on any atom is 0.490 e. The Balaban J connectivity index is 0.000000298. The van der Waals surface area contributed by atoms with Crippen molar-refractivity contribution in [2.45, 2.75) is 69.8 Å². The van der Waals surface area contributed by atoms with Gasteiger partial charge in [0.25, 0.3) is 5.56 Å². The van der Waals surface area contributed by atoms with Crippen LogP contribution in [-0.2, 0) is 28.9 Å². The molecule has 2 heterocycles. The zero-order chi connectivity index (χ0) is 21.0. The Kier molecular flexibility index (Phi) is 7.00. The third-order valence-corrected chi connectivity index (χ3v) is 5.66. The second kappa shape index (κ2) is 9.30. The summed E-state index contributed by atoms with van der Waals surface area (Å²) in [6, 6.07) is 5.01. The van der Waals surface area contributed by atoms with Crippen LogP contribution < -0.4 is 10.9 Å². The molecule has 2 N–H and O–H groups in total. The molecule has 0 radical (unpaired) electrons. The summed E-state index contributed by atoms with van der Waals surface area (Å²) in [5.74, 6) is -2.00. The highest BCUT2D eigenvalue weighted by Crippen LogP contribution is 2.31. The predicted octanol–water partition coefficient (Wildman–Crippen LogP) is 2.52. The third-order valence-electron chi connectivity index (χ3n) is 5.66. The van der Waals surface area contributed by atoms with Crippen LogP contribution in [0.2, 0.25) is 0 Å². The summed E-state index contributed by atoms with van der Waals surface area (Å²) in [5.41, 5.74) is 2.89. The van der Waals surface area contributed by atoms with Crippen molar-refractivity contribution >= 4 is 5.97 Å². The Bertz CT molecular complexity index is 768. The summed E-state index contributed by atoms with van der Waals surface area (Å²) < 4.78 is 39.2. The van der Waals surface area contributed by atoms with Gasteiger partial charge in [0.05, 0.1) is 0 Å². The maximum atomic E-state index is 12.2. The van der Waals surface area contributed by atoms with Crippen LogP contribution in [0.4, 0.5) is 13.2 Å². The lowest BCUT2D eigenvalue weighted by Gasteiger charge is -2.32. The number of ether oxygens (including phenoxy) is 1. The van der Waals surface area contributed by atoms with Gasteiger partial charge in [-0.1, -0.05) is 6.07 Å². The Hall–Kier alpha value is -1.87.